The number of aromatic nitrogens is 3. The molecule has 3 N–H and O–H groups in total. The molecule has 0 aliphatic carbocycles. The summed E-state index contributed by atoms with van der Waals surface area (Å²) in [5, 5.41) is 15.6. The molecule has 9 nitrogen and oxygen atoms in total. The van der Waals surface area contributed by atoms with E-state index in [1.54, 1.807) is 0 Å². The standard InChI is InChI=1S/C24H30N6O3/c1-4-18(21(31)32)16-17-10-12-20(13-11-17)33-15-14-25-22-27-23(29-24(28-22)30(2)3)26-19-8-6-5-7-9-19/h5-13,18H,4,14-16H2,1-3H3,(H,31,32)(H2,25,26,27,28,29). The van der Waals surface area contributed by atoms with Crippen LogP contribution in [0, 0.1) is 5.92 Å². The first-order valence-corrected chi connectivity index (χ1v) is 10.9. The lowest BCUT2D eigenvalue weighted by Gasteiger charge is -2.14. The zero-order valence-electron chi connectivity index (χ0n) is 19.2. The largest absolute Gasteiger partial charge is 0.492 e. The van der Waals surface area contributed by atoms with E-state index in [9.17, 15) is 9.90 Å². The van der Waals surface area contributed by atoms with Gasteiger partial charge in [-0.25, -0.2) is 0 Å². The number of rotatable bonds is 12. The minimum atomic E-state index is -0.762. The van der Waals surface area contributed by atoms with Gasteiger partial charge in [-0.05, 0) is 42.7 Å². The van der Waals surface area contributed by atoms with E-state index in [-0.39, 0.29) is 5.92 Å². The maximum atomic E-state index is 11.2. The molecule has 1 unspecified atom stereocenters. The zero-order chi connectivity index (χ0) is 23.6. The van der Waals surface area contributed by atoms with E-state index in [0.717, 1.165) is 17.0 Å². The molecule has 3 aromatic rings. The van der Waals surface area contributed by atoms with Crippen LogP contribution in [0.2, 0.25) is 0 Å². The molecule has 174 valence electrons. The fraction of sp³-hybridized carbons (Fsp3) is 0.333. The summed E-state index contributed by atoms with van der Waals surface area (Å²) in [6.45, 7) is 2.80. The predicted octanol–water partition coefficient (Wildman–Crippen LogP) is 3.83. The Morgan fingerprint density at radius 2 is 1.73 bits per heavy atom. The van der Waals surface area contributed by atoms with Crippen molar-refractivity contribution >= 4 is 29.5 Å². The Bertz CT molecular complexity index is 1030. The summed E-state index contributed by atoms with van der Waals surface area (Å²) >= 11 is 0. The second-order valence-electron chi connectivity index (χ2n) is 7.73. The number of anilines is 4. The Balaban J connectivity index is 1.54. The van der Waals surface area contributed by atoms with Gasteiger partial charge < -0.3 is 25.4 Å². The van der Waals surface area contributed by atoms with Gasteiger partial charge in [0.15, 0.2) is 0 Å². The Morgan fingerprint density at radius 1 is 1.03 bits per heavy atom. The summed E-state index contributed by atoms with van der Waals surface area (Å²) in [5.41, 5.74) is 1.87. The number of nitrogens with zero attached hydrogens (tertiary/aromatic N) is 4. The van der Waals surface area contributed by atoms with Crippen molar-refractivity contribution in [3.8, 4) is 5.75 Å². The number of hydrogen-bond acceptors (Lipinski definition) is 8. The number of benzene rings is 2. The molecule has 0 aliphatic rings. The van der Waals surface area contributed by atoms with E-state index < -0.39 is 5.97 Å². The Hall–Kier alpha value is -3.88. The highest BCUT2D eigenvalue weighted by Gasteiger charge is 2.15. The number of carboxylic acid groups (broad SMARTS) is 1. The van der Waals surface area contributed by atoms with Crippen molar-refractivity contribution in [2.75, 3.05) is 42.8 Å². The monoisotopic (exact) mass is 450 g/mol. The molecule has 0 saturated heterocycles. The summed E-state index contributed by atoms with van der Waals surface area (Å²) in [6.07, 6.45) is 1.12. The van der Waals surface area contributed by atoms with Gasteiger partial charge in [0.25, 0.3) is 0 Å². The van der Waals surface area contributed by atoms with Gasteiger partial charge in [0.2, 0.25) is 17.8 Å². The molecule has 0 fully saturated rings. The molecule has 33 heavy (non-hydrogen) atoms. The summed E-state index contributed by atoms with van der Waals surface area (Å²) in [4.78, 5) is 26.3. The van der Waals surface area contributed by atoms with Gasteiger partial charge in [0.05, 0.1) is 12.5 Å². The van der Waals surface area contributed by atoms with E-state index in [1.807, 2.05) is 80.5 Å². The third-order valence-electron chi connectivity index (χ3n) is 4.95. The normalized spacial score (nSPS) is 11.5. The molecule has 0 amide bonds. The zero-order valence-corrected chi connectivity index (χ0v) is 19.2. The first kappa shape index (κ1) is 23.8. The van der Waals surface area contributed by atoms with Gasteiger partial charge >= 0.3 is 5.97 Å². The first-order chi connectivity index (χ1) is 15.9. The highest BCUT2D eigenvalue weighted by molar-refractivity contribution is 5.70. The number of hydrogen-bond donors (Lipinski definition) is 3. The quantitative estimate of drug-likeness (QED) is 0.354. The van der Waals surface area contributed by atoms with Crippen LogP contribution in [0.3, 0.4) is 0 Å². The third-order valence-corrected chi connectivity index (χ3v) is 4.95. The van der Waals surface area contributed by atoms with Crippen molar-refractivity contribution in [1.29, 1.82) is 0 Å². The average Bonchev–Trinajstić information content (AvgIpc) is 2.81. The van der Waals surface area contributed by atoms with Crippen molar-refractivity contribution in [2.24, 2.45) is 5.92 Å². The summed E-state index contributed by atoms with van der Waals surface area (Å²) in [7, 11) is 3.74. The highest BCUT2D eigenvalue weighted by atomic mass is 16.5. The van der Waals surface area contributed by atoms with Crippen LogP contribution >= 0.6 is 0 Å². The molecule has 0 bridgehead atoms. The van der Waals surface area contributed by atoms with Crippen LogP contribution in [-0.2, 0) is 11.2 Å². The van der Waals surface area contributed by atoms with Crippen molar-refractivity contribution in [3.63, 3.8) is 0 Å². The molecule has 1 aromatic heterocycles. The maximum absolute atomic E-state index is 11.2. The topological polar surface area (TPSA) is 113 Å². The van der Waals surface area contributed by atoms with Crippen LogP contribution in [0.25, 0.3) is 0 Å². The molecular weight excluding hydrogens is 420 g/mol. The van der Waals surface area contributed by atoms with Crippen LogP contribution in [-0.4, -0.2) is 53.3 Å². The fourth-order valence-electron chi connectivity index (χ4n) is 3.09. The molecule has 9 heteroatoms. The molecule has 1 heterocycles. The van der Waals surface area contributed by atoms with Crippen molar-refractivity contribution < 1.29 is 14.6 Å². The minimum Gasteiger partial charge on any atom is -0.492 e. The second-order valence-corrected chi connectivity index (χ2v) is 7.73. The minimum absolute atomic E-state index is 0.366. The van der Waals surface area contributed by atoms with E-state index in [1.165, 1.54) is 0 Å². The third kappa shape index (κ3) is 7.34. The Labute approximate surface area is 193 Å². The molecule has 0 saturated carbocycles. The lowest BCUT2D eigenvalue weighted by molar-refractivity contribution is -0.141. The Morgan fingerprint density at radius 3 is 2.36 bits per heavy atom. The van der Waals surface area contributed by atoms with Crippen molar-refractivity contribution in [3.05, 3.63) is 60.2 Å². The van der Waals surface area contributed by atoms with Gasteiger partial charge in [-0.15, -0.1) is 0 Å². The van der Waals surface area contributed by atoms with Gasteiger partial charge in [-0.2, -0.15) is 15.0 Å². The fourth-order valence-corrected chi connectivity index (χ4v) is 3.09. The Kier molecular flexibility index (Phi) is 8.40. The van der Waals surface area contributed by atoms with Crippen molar-refractivity contribution in [2.45, 2.75) is 19.8 Å². The first-order valence-electron chi connectivity index (χ1n) is 10.9. The number of ether oxygens (including phenoxy) is 1. The van der Waals surface area contributed by atoms with E-state index in [2.05, 4.69) is 25.6 Å². The number of nitrogens with one attached hydrogen (secondary N) is 2. The SMILES string of the molecule is CCC(Cc1ccc(OCCNc2nc(Nc3ccccc3)nc(N(C)C)n2)cc1)C(=O)O. The number of aliphatic carboxylic acids is 1. The van der Waals surface area contributed by atoms with Gasteiger partial charge in [0, 0.05) is 19.8 Å². The smallest absolute Gasteiger partial charge is 0.306 e. The number of carboxylic acids is 1. The van der Waals surface area contributed by atoms with Crippen LogP contribution in [0.15, 0.2) is 54.6 Å². The predicted molar refractivity (Wildman–Crippen MR) is 129 cm³/mol. The molecular formula is C24H30N6O3. The molecule has 0 aliphatic heterocycles. The lowest BCUT2D eigenvalue weighted by Crippen LogP contribution is -2.18. The van der Waals surface area contributed by atoms with Gasteiger partial charge in [0.1, 0.15) is 12.4 Å². The van der Waals surface area contributed by atoms with Gasteiger partial charge in [-0.3, -0.25) is 4.79 Å². The van der Waals surface area contributed by atoms with E-state index in [4.69, 9.17) is 4.74 Å². The summed E-state index contributed by atoms with van der Waals surface area (Å²) in [6, 6.07) is 17.2. The van der Waals surface area contributed by atoms with E-state index >= 15 is 0 Å². The molecule has 3 rings (SSSR count). The molecule has 2 aromatic carbocycles. The highest BCUT2D eigenvalue weighted by Crippen LogP contribution is 2.18. The lowest BCUT2D eigenvalue weighted by atomic mass is 9.97. The van der Waals surface area contributed by atoms with Crippen LogP contribution in [0.4, 0.5) is 23.5 Å². The van der Waals surface area contributed by atoms with Crippen LogP contribution in [0.5, 0.6) is 5.75 Å². The molecule has 0 spiro atoms. The van der Waals surface area contributed by atoms with Crippen LogP contribution in [0.1, 0.15) is 18.9 Å². The molecule has 0 radical (unpaired) electrons. The van der Waals surface area contributed by atoms with Crippen LogP contribution < -0.4 is 20.3 Å². The van der Waals surface area contributed by atoms with E-state index in [0.29, 0.717) is 43.8 Å². The van der Waals surface area contributed by atoms with Crippen molar-refractivity contribution in [1.82, 2.24) is 15.0 Å². The number of para-hydroxylation sites is 1. The summed E-state index contributed by atoms with van der Waals surface area (Å²) in [5.74, 6) is 1.03. The summed E-state index contributed by atoms with van der Waals surface area (Å²) < 4.78 is 5.79. The van der Waals surface area contributed by atoms with Gasteiger partial charge in [-0.1, -0.05) is 37.3 Å². The second kappa shape index (κ2) is 11.7. The number of carbonyl (C=O) groups is 1. The molecule has 1 atom stereocenters. The average molecular weight is 451 g/mol. The maximum Gasteiger partial charge on any atom is 0.306 e.